The Kier molecular flexibility index (Phi) is 6.25. The van der Waals surface area contributed by atoms with Crippen LogP contribution in [0.4, 0.5) is 0 Å². The summed E-state index contributed by atoms with van der Waals surface area (Å²) in [7, 11) is -3.64. The van der Waals surface area contributed by atoms with Crippen molar-refractivity contribution in [3.05, 3.63) is 14.9 Å². The van der Waals surface area contributed by atoms with E-state index < -0.39 is 16.0 Å². The summed E-state index contributed by atoms with van der Waals surface area (Å²) in [6, 6.07) is 1.36. The molecule has 19 heavy (non-hydrogen) atoms. The normalized spacial score (nSPS) is 13.4. The zero-order valence-corrected chi connectivity index (χ0v) is 14.0. The maximum Gasteiger partial charge on any atom is 0.303 e. The summed E-state index contributed by atoms with van der Waals surface area (Å²) in [6.07, 6.45) is 0.525. The van der Waals surface area contributed by atoms with Crippen molar-refractivity contribution in [1.29, 1.82) is 0 Å². The van der Waals surface area contributed by atoms with Crippen LogP contribution in [-0.4, -0.2) is 26.0 Å². The smallest absolute Gasteiger partial charge is 0.303 e. The Morgan fingerprint density at radius 1 is 1.63 bits per heavy atom. The second-order valence-corrected chi connectivity index (χ2v) is 8.68. The first kappa shape index (κ1) is 16.9. The molecule has 1 aromatic rings. The number of carboxylic acid groups (broad SMARTS) is 1. The second kappa shape index (κ2) is 7.03. The first-order valence-corrected chi connectivity index (χ1v) is 8.89. The molecular formula is C10H13BrClNO4S2. The quantitative estimate of drug-likeness (QED) is 0.750. The molecule has 0 bridgehead atoms. The van der Waals surface area contributed by atoms with Gasteiger partial charge in [-0.3, -0.25) is 4.79 Å². The molecule has 0 aliphatic heterocycles. The lowest BCUT2D eigenvalue weighted by Crippen LogP contribution is -2.29. The van der Waals surface area contributed by atoms with Crippen LogP contribution in [0.2, 0.25) is 5.02 Å². The van der Waals surface area contributed by atoms with E-state index in [9.17, 15) is 13.2 Å². The number of hydrogen-bond donors (Lipinski definition) is 2. The lowest BCUT2D eigenvalue weighted by atomic mass is 10.0. The molecule has 1 rings (SSSR count). The van der Waals surface area contributed by atoms with E-state index in [-0.39, 0.29) is 23.1 Å². The van der Waals surface area contributed by atoms with Crippen LogP contribution in [0, 0.1) is 5.92 Å². The van der Waals surface area contributed by atoms with Crippen molar-refractivity contribution < 1.29 is 18.3 Å². The molecule has 5 nitrogen and oxygen atoms in total. The number of aliphatic carboxylic acids is 1. The molecule has 0 aliphatic rings. The van der Waals surface area contributed by atoms with Crippen molar-refractivity contribution in [3.63, 3.8) is 0 Å². The van der Waals surface area contributed by atoms with Crippen LogP contribution < -0.4 is 4.72 Å². The first-order chi connectivity index (χ1) is 8.76. The predicted octanol–water partition coefficient (Wildman–Crippen LogP) is 2.94. The van der Waals surface area contributed by atoms with E-state index in [1.54, 1.807) is 0 Å². The summed E-state index contributed by atoms with van der Waals surface area (Å²) >= 11 is 9.95. The average Bonchev–Trinajstić information content (AvgIpc) is 2.65. The van der Waals surface area contributed by atoms with Crippen molar-refractivity contribution in [2.24, 2.45) is 5.92 Å². The van der Waals surface area contributed by atoms with Gasteiger partial charge in [0.05, 0.1) is 8.81 Å². The van der Waals surface area contributed by atoms with Gasteiger partial charge in [-0.15, -0.1) is 11.3 Å². The number of sulfonamides is 1. The van der Waals surface area contributed by atoms with Crippen LogP contribution in [0.3, 0.4) is 0 Å². The van der Waals surface area contributed by atoms with Crippen LogP contribution in [0.5, 0.6) is 0 Å². The van der Waals surface area contributed by atoms with Gasteiger partial charge in [-0.1, -0.05) is 24.9 Å². The highest BCUT2D eigenvalue weighted by atomic mass is 79.9. The van der Waals surface area contributed by atoms with E-state index in [4.69, 9.17) is 16.7 Å². The van der Waals surface area contributed by atoms with Crippen LogP contribution in [0.15, 0.2) is 14.1 Å². The Labute approximate surface area is 129 Å². The van der Waals surface area contributed by atoms with E-state index in [1.165, 1.54) is 6.07 Å². The first-order valence-electron chi connectivity index (χ1n) is 5.42. The van der Waals surface area contributed by atoms with Gasteiger partial charge < -0.3 is 5.11 Å². The van der Waals surface area contributed by atoms with Crippen LogP contribution in [-0.2, 0) is 14.8 Å². The molecule has 0 aromatic carbocycles. The fourth-order valence-corrected chi connectivity index (χ4v) is 4.92. The van der Waals surface area contributed by atoms with E-state index >= 15 is 0 Å². The molecule has 0 saturated carbocycles. The highest BCUT2D eigenvalue weighted by Gasteiger charge is 2.21. The predicted molar refractivity (Wildman–Crippen MR) is 78.3 cm³/mol. The molecule has 1 atom stereocenters. The second-order valence-electron chi connectivity index (χ2n) is 3.91. The number of thiophene rings is 1. The van der Waals surface area contributed by atoms with Gasteiger partial charge in [-0.25, -0.2) is 13.1 Å². The lowest BCUT2D eigenvalue weighted by Gasteiger charge is -2.12. The van der Waals surface area contributed by atoms with Gasteiger partial charge >= 0.3 is 5.97 Å². The molecule has 9 heteroatoms. The Morgan fingerprint density at radius 3 is 2.68 bits per heavy atom. The number of nitrogens with one attached hydrogen (secondary N) is 1. The monoisotopic (exact) mass is 389 g/mol. The molecular weight excluding hydrogens is 378 g/mol. The van der Waals surface area contributed by atoms with Gasteiger partial charge in [0, 0.05) is 13.0 Å². The minimum absolute atomic E-state index is 0.0616. The van der Waals surface area contributed by atoms with Crippen molar-refractivity contribution in [1.82, 2.24) is 4.72 Å². The van der Waals surface area contributed by atoms with E-state index in [1.807, 2.05) is 6.92 Å². The number of carboxylic acids is 1. The minimum Gasteiger partial charge on any atom is -0.481 e. The summed E-state index contributed by atoms with van der Waals surface area (Å²) in [5.41, 5.74) is 0. The van der Waals surface area contributed by atoms with Gasteiger partial charge in [-0.2, -0.15) is 0 Å². The topological polar surface area (TPSA) is 83.5 Å². The van der Waals surface area contributed by atoms with Crippen molar-refractivity contribution in [2.75, 3.05) is 6.54 Å². The minimum atomic E-state index is -3.64. The molecule has 0 aliphatic carbocycles. The molecule has 0 fully saturated rings. The third kappa shape index (κ3) is 5.03. The van der Waals surface area contributed by atoms with Gasteiger partial charge in [0.15, 0.2) is 0 Å². The van der Waals surface area contributed by atoms with E-state index in [0.29, 0.717) is 15.2 Å². The van der Waals surface area contributed by atoms with Gasteiger partial charge in [0.1, 0.15) is 4.21 Å². The number of carbonyl (C=O) groups is 1. The van der Waals surface area contributed by atoms with Gasteiger partial charge in [-0.05, 0) is 27.9 Å². The maximum absolute atomic E-state index is 12.0. The molecule has 1 unspecified atom stereocenters. The van der Waals surface area contributed by atoms with Crippen molar-refractivity contribution >= 4 is 54.9 Å². The van der Waals surface area contributed by atoms with Gasteiger partial charge in [0.25, 0.3) is 0 Å². The molecule has 1 heterocycles. The average molecular weight is 391 g/mol. The number of halogens is 2. The molecule has 0 amide bonds. The highest BCUT2D eigenvalue weighted by molar-refractivity contribution is 9.11. The van der Waals surface area contributed by atoms with E-state index in [0.717, 1.165) is 11.3 Å². The standard InChI is InChI=1S/C10H13BrClNO4S2/c1-2-6(3-8(14)15)5-13-19(16,17)9-4-7(12)10(11)18-9/h4,6,13H,2-3,5H2,1H3,(H,14,15). The fraction of sp³-hybridized carbons (Fsp3) is 0.500. The summed E-state index contributed by atoms with van der Waals surface area (Å²) in [5.74, 6) is -1.17. The molecule has 1 aromatic heterocycles. The molecule has 0 saturated heterocycles. The van der Waals surface area contributed by atoms with Crippen LogP contribution in [0.25, 0.3) is 0 Å². The number of hydrogen-bond acceptors (Lipinski definition) is 4. The fourth-order valence-electron chi connectivity index (χ4n) is 1.37. The highest BCUT2D eigenvalue weighted by Crippen LogP contribution is 2.34. The molecule has 0 radical (unpaired) electrons. The zero-order valence-electron chi connectivity index (χ0n) is 10.0. The Hall–Kier alpha value is -0.150. The molecule has 108 valence electrons. The van der Waals surface area contributed by atoms with Gasteiger partial charge in [0.2, 0.25) is 10.0 Å². The zero-order chi connectivity index (χ0) is 14.6. The van der Waals surface area contributed by atoms with E-state index in [2.05, 4.69) is 20.7 Å². The Morgan fingerprint density at radius 2 is 2.26 bits per heavy atom. The number of rotatable bonds is 7. The maximum atomic E-state index is 12.0. The summed E-state index contributed by atoms with van der Waals surface area (Å²) in [4.78, 5) is 10.6. The van der Waals surface area contributed by atoms with Crippen LogP contribution in [0.1, 0.15) is 19.8 Å². The summed E-state index contributed by atoms with van der Waals surface area (Å²) in [6.45, 7) is 1.92. The third-order valence-electron chi connectivity index (χ3n) is 2.49. The lowest BCUT2D eigenvalue weighted by molar-refractivity contribution is -0.138. The third-order valence-corrected chi connectivity index (χ3v) is 6.86. The summed E-state index contributed by atoms with van der Waals surface area (Å²) in [5, 5.41) is 9.04. The van der Waals surface area contributed by atoms with Crippen LogP contribution >= 0.6 is 38.9 Å². The van der Waals surface area contributed by atoms with Crippen molar-refractivity contribution in [3.8, 4) is 0 Å². The summed E-state index contributed by atoms with van der Waals surface area (Å²) < 4.78 is 27.0. The molecule has 2 N–H and O–H groups in total. The Balaban J connectivity index is 2.72. The Bertz CT molecular complexity index is 538. The largest absolute Gasteiger partial charge is 0.481 e. The molecule has 0 spiro atoms. The van der Waals surface area contributed by atoms with Crippen molar-refractivity contribution in [2.45, 2.75) is 24.0 Å². The SMILES string of the molecule is CCC(CNS(=O)(=O)c1cc(Cl)c(Br)s1)CC(=O)O.